The molecule has 24 heavy (non-hydrogen) atoms. The highest BCUT2D eigenvalue weighted by Crippen LogP contribution is 2.27. The number of phenols is 1. The Hall–Kier alpha value is -2.95. The molecule has 0 saturated heterocycles. The number of carbonyl (C=O) groups excluding carboxylic acids is 1. The Morgan fingerprint density at radius 3 is 2.42 bits per heavy atom. The van der Waals surface area contributed by atoms with Gasteiger partial charge in [-0.15, -0.1) is 0 Å². The van der Waals surface area contributed by atoms with Crippen LogP contribution in [-0.2, 0) is 9.53 Å². The van der Waals surface area contributed by atoms with Crippen molar-refractivity contribution in [1.82, 2.24) is 0 Å². The number of ether oxygens (including phenoxy) is 3. The first-order valence-corrected chi connectivity index (χ1v) is 7.58. The summed E-state index contributed by atoms with van der Waals surface area (Å²) in [6.45, 7) is 5.88. The van der Waals surface area contributed by atoms with Crippen LogP contribution in [0.25, 0.3) is 0 Å². The first-order valence-electron chi connectivity index (χ1n) is 7.58. The van der Waals surface area contributed by atoms with Gasteiger partial charge in [0.25, 0.3) is 0 Å². The van der Waals surface area contributed by atoms with Crippen LogP contribution in [-0.4, -0.2) is 24.3 Å². The van der Waals surface area contributed by atoms with Gasteiger partial charge in [-0.25, -0.2) is 4.79 Å². The van der Waals surface area contributed by atoms with Crippen molar-refractivity contribution < 1.29 is 24.1 Å². The molecule has 0 bridgehead atoms. The average Bonchev–Trinajstić information content (AvgIpc) is 2.59. The van der Waals surface area contributed by atoms with Crippen molar-refractivity contribution in [1.29, 1.82) is 0 Å². The van der Waals surface area contributed by atoms with E-state index >= 15 is 0 Å². The van der Waals surface area contributed by atoms with Crippen LogP contribution >= 0.6 is 0 Å². The second-order valence-corrected chi connectivity index (χ2v) is 5.10. The molecular formula is C19H20O5. The number of rotatable bonds is 8. The zero-order chi connectivity index (χ0) is 17.4. The van der Waals surface area contributed by atoms with Crippen LogP contribution in [0.3, 0.4) is 0 Å². The molecule has 0 saturated carbocycles. The van der Waals surface area contributed by atoms with E-state index < -0.39 is 5.97 Å². The minimum absolute atomic E-state index is 0.241. The maximum atomic E-state index is 10.9. The minimum Gasteiger partial charge on any atom is -0.508 e. The van der Waals surface area contributed by atoms with Crippen LogP contribution in [0.1, 0.15) is 12.0 Å². The van der Waals surface area contributed by atoms with E-state index in [1.165, 1.54) is 0 Å². The molecule has 0 aliphatic rings. The predicted molar refractivity (Wildman–Crippen MR) is 90.6 cm³/mol. The van der Waals surface area contributed by atoms with Crippen molar-refractivity contribution in [3.05, 3.63) is 60.7 Å². The molecule has 0 fully saturated rings. The minimum atomic E-state index is -0.430. The van der Waals surface area contributed by atoms with Gasteiger partial charge in [-0.3, -0.25) is 0 Å². The van der Waals surface area contributed by atoms with E-state index in [9.17, 15) is 9.90 Å². The van der Waals surface area contributed by atoms with E-state index in [1.807, 2.05) is 6.92 Å². The quantitative estimate of drug-likeness (QED) is 0.451. The Morgan fingerprint density at radius 2 is 1.75 bits per heavy atom. The number of aryl methyl sites for hydroxylation is 1. The molecule has 0 aromatic heterocycles. The topological polar surface area (TPSA) is 65.0 Å². The van der Waals surface area contributed by atoms with Crippen molar-refractivity contribution in [2.45, 2.75) is 13.3 Å². The van der Waals surface area contributed by atoms with Crippen LogP contribution < -0.4 is 9.47 Å². The summed E-state index contributed by atoms with van der Waals surface area (Å²) in [7, 11) is 0. The lowest BCUT2D eigenvalue weighted by atomic mass is 10.2. The zero-order valence-corrected chi connectivity index (χ0v) is 13.5. The average molecular weight is 328 g/mol. The lowest BCUT2D eigenvalue weighted by molar-refractivity contribution is -0.137. The highest BCUT2D eigenvalue weighted by molar-refractivity contribution is 5.81. The number of benzene rings is 2. The van der Waals surface area contributed by atoms with E-state index in [-0.39, 0.29) is 5.75 Å². The van der Waals surface area contributed by atoms with Crippen molar-refractivity contribution in [3.8, 4) is 23.0 Å². The van der Waals surface area contributed by atoms with Gasteiger partial charge in [-0.05, 0) is 55.0 Å². The number of hydrogen-bond acceptors (Lipinski definition) is 5. The molecule has 0 heterocycles. The van der Waals surface area contributed by atoms with Gasteiger partial charge in [-0.2, -0.15) is 0 Å². The van der Waals surface area contributed by atoms with Gasteiger partial charge in [0.2, 0.25) is 0 Å². The third kappa shape index (κ3) is 5.35. The molecular weight excluding hydrogens is 308 g/mol. The molecule has 2 aromatic carbocycles. The molecule has 2 rings (SSSR count). The molecule has 0 aliphatic heterocycles. The summed E-state index contributed by atoms with van der Waals surface area (Å²) in [6.07, 6.45) is 1.74. The molecule has 0 atom stereocenters. The summed E-state index contributed by atoms with van der Waals surface area (Å²) in [5.74, 6) is 1.85. The Balaban J connectivity index is 1.79. The fraction of sp³-hybridized carbons (Fsp3) is 0.211. The molecule has 0 radical (unpaired) electrons. The second kappa shape index (κ2) is 8.62. The molecule has 5 nitrogen and oxygen atoms in total. The van der Waals surface area contributed by atoms with E-state index in [1.54, 1.807) is 42.5 Å². The first-order chi connectivity index (χ1) is 11.6. The Morgan fingerprint density at radius 1 is 1.08 bits per heavy atom. The highest BCUT2D eigenvalue weighted by Gasteiger charge is 2.02. The zero-order valence-electron chi connectivity index (χ0n) is 13.5. The maximum absolute atomic E-state index is 10.9. The standard InChI is InChI=1S/C19H20O5/c1-3-19(21)23-12-4-11-22-15-5-7-16(8-6-15)24-17-9-10-18(20)14(2)13-17/h3,5-10,13,20H,1,4,11-12H2,2H3. The van der Waals surface area contributed by atoms with Gasteiger partial charge < -0.3 is 19.3 Å². The largest absolute Gasteiger partial charge is 0.508 e. The summed E-state index contributed by atoms with van der Waals surface area (Å²) in [5.41, 5.74) is 0.754. The Kier molecular flexibility index (Phi) is 6.25. The summed E-state index contributed by atoms with van der Waals surface area (Å²) in [6, 6.07) is 12.3. The van der Waals surface area contributed by atoms with Gasteiger partial charge in [0.05, 0.1) is 13.2 Å². The number of aromatic hydroxyl groups is 1. The molecule has 0 amide bonds. The molecule has 0 unspecified atom stereocenters. The molecule has 1 N–H and O–H groups in total. The highest BCUT2D eigenvalue weighted by atomic mass is 16.5. The van der Waals surface area contributed by atoms with E-state index in [0.29, 0.717) is 36.9 Å². The monoisotopic (exact) mass is 328 g/mol. The third-order valence-electron chi connectivity index (χ3n) is 3.20. The van der Waals surface area contributed by atoms with Crippen LogP contribution in [0.15, 0.2) is 55.1 Å². The fourth-order valence-electron chi connectivity index (χ4n) is 1.91. The summed E-state index contributed by atoms with van der Waals surface area (Å²) in [4.78, 5) is 10.9. The van der Waals surface area contributed by atoms with Crippen molar-refractivity contribution >= 4 is 5.97 Å². The Labute approximate surface area is 141 Å². The third-order valence-corrected chi connectivity index (χ3v) is 3.20. The predicted octanol–water partition coefficient (Wildman–Crippen LogP) is 3.99. The number of esters is 1. The molecule has 126 valence electrons. The van der Waals surface area contributed by atoms with Gasteiger partial charge in [0, 0.05) is 12.5 Å². The van der Waals surface area contributed by atoms with Gasteiger partial charge >= 0.3 is 5.97 Å². The van der Waals surface area contributed by atoms with Gasteiger partial charge in [0.15, 0.2) is 0 Å². The first kappa shape index (κ1) is 17.4. The smallest absolute Gasteiger partial charge is 0.330 e. The summed E-state index contributed by atoms with van der Waals surface area (Å²) < 4.78 is 16.1. The maximum Gasteiger partial charge on any atom is 0.330 e. The second-order valence-electron chi connectivity index (χ2n) is 5.10. The van der Waals surface area contributed by atoms with Crippen molar-refractivity contribution in [2.75, 3.05) is 13.2 Å². The van der Waals surface area contributed by atoms with Gasteiger partial charge in [0.1, 0.15) is 23.0 Å². The molecule has 0 aliphatic carbocycles. The SMILES string of the molecule is C=CC(=O)OCCCOc1ccc(Oc2ccc(O)c(C)c2)cc1. The number of carbonyl (C=O) groups is 1. The molecule has 5 heteroatoms. The Bertz CT molecular complexity index is 691. The lowest BCUT2D eigenvalue weighted by Gasteiger charge is -2.09. The molecule has 0 spiro atoms. The van der Waals surface area contributed by atoms with Crippen molar-refractivity contribution in [3.63, 3.8) is 0 Å². The summed E-state index contributed by atoms with van der Waals surface area (Å²) in [5, 5.41) is 9.51. The van der Waals surface area contributed by atoms with Crippen LogP contribution in [0.2, 0.25) is 0 Å². The lowest BCUT2D eigenvalue weighted by Crippen LogP contribution is -2.06. The van der Waals surface area contributed by atoms with E-state index in [0.717, 1.165) is 11.6 Å². The molecule has 2 aromatic rings. The van der Waals surface area contributed by atoms with E-state index in [2.05, 4.69) is 6.58 Å². The number of hydrogen-bond donors (Lipinski definition) is 1. The fourth-order valence-corrected chi connectivity index (χ4v) is 1.91. The van der Waals surface area contributed by atoms with Gasteiger partial charge in [-0.1, -0.05) is 6.58 Å². The normalized spacial score (nSPS) is 10.0. The van der Waals surface area contributed by atoms with Crippen LogP contribution in [0.5, 0.6) is 23.0 Å². The number of phenolic OH excluding ortho intramolecular Hbond substituents is 1. The van der Waals surface area contributed by atoms with Crippen molar-refractivity contribution in [2.24, 2.45) is 0 Å². The van der Waals surface area contributed by atoms with E-state index in [4.69, 9.17) is 14.2 Å². The summed E-state index contributed by atoms with van der Waals surface area (Å²) >= 11 is 0. The van der Waals surface area contributed by atoms with Crippen LogP contribution in [0.4, 0.5) is 0 Å². The van der Waals surface area contributed by atoms with Crippen LogP contribution in [0, 0.1) is 6.92 Å².